The number of nitrogens with two attached hydrogens (primary N) is 1. The smallest absolute Gasteiger partial charge is 0.157 e. The summed E-state index contributed by atoms with van der Waals surface area (Å²) in [7, 11) is 4.04. The van der Waals surface area contributed by atoms with Gasteiger partial charge in [-0.2, -0.15) is 0 Å². The van der Waals surface area contributed by atoms with Crippen molar-refractivity contribution in [3.8, 4) is 0 Å². The average Bonchev–Trinajstić information content (AvgIpc) is 2.68. The van der Waals surface area contributed by atoms with Gasteiger partial charge in [0.25, 0.3) is 0 Å². The van der Waals surface area contributed by atoms with Crippen LogP contribution in [0.5, 0.6) is 0 Å². The van der Waals surface area contributed by atoms with Gasteiger partial charge in [0, 0.05) is 19.8 Å². The van der Waals surface area contributed by atoms with Gasteiger partial charge in [-0.05, 0) is 30.7 Å². The SMILES string of the molecule is Cc1onc(/C=C/c2ccc(N(C)C)cc2)c1N. The number of hydrogen-bond donors (Lipinski definition) is 1. The Balaban J connectivity index is 2.16. The van der Waals surface area contributed by atoms with Crippen LogP contribution in [0.15, 0.2) is 28.8 Å². The third-order valence-corrected chi connectivity index (χ3v) is 2.78. The van der Waals surface area contributed by atoms with Gasteiger partial charge >= 0.3 is 0 Å². The first kappa shape index (κ1) is 12.2. The van der Waals surface area contributed by atoms with E-state index < -0.39 is 0 Å². The third kappa shape index (κ3) is 2.53. The van der Waals surface area contributed by atoms with E-state index in [1.165, 1.54) is 5.69 Å². The summed E-state index contributed by atoms with van der Waals surface area (Å²) in [6, 6.07) is 8.23. The summed E-state index contributed by atoms with van der Waals surface area (Å²) in [5.41, 5.74) is 9.35. The van der Waals surface area contributed by atoms with Gasteiger partial charge in [0.2, 0.25) is 0 Å². The number of aromatic nitrogens is 1. The zero-order chi connectivity index (χ0) is 13.1. The van der Waals surface area contributed by atoms with E-state index in [0.717, 1.165) is 5.56 Å². The van der Waals surface area contributed by atoms with E-state index in [-0.39, 0.29) is 0 Å². The van der Waals surface area contributed by atoms with Gasteiger partial charge in [-0.1, -0.05) is 23.4 Å². The fourth-order valence-electron chi connectivity index (χ4n) is 1.58. The van der Waals surface area contributed by atoms with Crippen LogP contribution in [0.1, 0.15) is 17.0 Å². The molecule has 1 aromatic carbocycles. The lowest BCUT2D eigenvalue weighted by molar-refractivity contribution is 0.397. The van der Waals surface area contributed by atoms with Crippen LogP contribution in [-0.4, -0.2) is 19.3 Å². The summed E-state index contributed by atoms with van der Waals surface area (Å²) in [5.74, 6) is 0.651. The minimum atomic E-state index is 0.594. The summed E-state index contributed by atoms with van der Waals surface area (Å²) >= 11 is 0. The minimum absolute atomic E-state index is 0.594. The molecule has 0 spiro atoms. The fraction of sp³-hybridized carbons (Fsp3) is 0.214. The topological polar surface area (TPSA) is 55.3 Å². The van der Waals surface area contributed by atoms with E-state index in [0.29, 0.717) is 17.1 Å². The predicted octanol–water partition coefficient (Wildman–Crippen LogP) is 2.80. The molecular weight excluding hydrogens is 226 g/mol. The number of hydrogen-bond acceptors (Lipinski definition) is 4. The number of anilines is 2. The maximum atomic E-state index is 5.82. The number of benzene rings is 1. The lowest BCUT2D eigenvalue weighted by atomic mass is 10.1. The van der Waals surface area contributed by atoms with Crippen molar-refractivity contribution in [2.45, 2.75) is 6.92 Å². The van der Waals surface area contributed by atoms with Crippen LogP contribution in [0.3, 0.4) is 0 Å². The van der Waals surface area contributed by atoms with Gasteiger partial charge in [-0.3, -0.25) is 0 Å². The number of aryl methyl sites for hydroxylation is 1. The second-order valence-corrected chi connectivity index (χ2v) is 4.36. The van der Waals surface area contributed by atoms with Crippen molar-refractivity contribution in [1.29, 1.82) is 0 Å². The first-order valence-corrected chi connectivity index (χ1v) is 5.75. The van der Waals surface area contributed by atoms with Crippen LogP contribution >= 0.6 is 0 Å². The molecule has 0 saturated heterocycles. The van der Waals surface area contributed by atoms with Crippen molar-refractivity contribution in [1.82, 2.24) is 5.16 Å². The molecule has 18 heavy (non-hydrogen) atoms. The van der Waals surface area contributed by atoms with Gasteiger partial charge in [0.05, 0.1) is 0 Å². The first-order valence-electron chi connectivity index (χ1n) is 5.75. The Morgan fingerprint density at radius 2 is 1.83 bits per heavy atom. The van der Waals surface area contributed by atoms with E-state index in [2.05, 4.69) is 34.3 Å². The summed E-state index contributed by atoms with van der Waals surface area (Å²) in [6.07, 6.45) is 3.82. The van der Waals surface area contributed by atoms with E-state index in [9.17, 15) is 0 Å². The van der Waals surface area contributed by atoms with E-state index in [1.54, 1.807) is 6.92 Å². The normalized spacial score (nSPS) is 11.1. The third-order valence-electron chi connectivity index (χ3n) is 2.78. The van der Waals surface area contributed by atoms with Gasteiger partial charge in [-0.15, -0.1) is 0 Å². The molecule has 0 amide bonds. The quantitative estimate of drug-likeness (QED) is 0.900. The highest BCUT2D eigenvalue weighted by atomic mass is 16.5. The monoisotopic (exact) mass is 243 g/mol. The van der Waals surface area contributed by atoms with Crippen molar-refractivity contribution in [2.75, 3.05) is 24.7 Å². The highest BCUT2D eigenvalue weighted by Crippen LogP contribution is 2.19. The summed E-state index contributed by atoms with van der Waals surface area (Å²) in [5, 5.41) is 3.88. The van der Waals surface area contributed by atoms with E-state index in [1.807, 2.05) is 26.2 Å². The van der Waals surface area contributed by atoms with Crippen LogP contribution in [0, 0.1) is 6.92 Å². The standard InChI is InChI=1S/C14H17N3O/c1-10-14(15)13(16-18-10)9-6-11-4-7-12(8-5-11)17(2)3/h4-9H,15H2,1-3H3/b9-6+. The first-order chi connectivity index (χ1) is 8.58. The van der Waals surface area contributed by atoms with E-state index in [4.69, 9.17) is 10.3 Å². The molecular formula is C14H17N3O. The van der Waals surface area contributed by atoms with E-state index >= 15 is 0 Å². The molecule has 2 N–H and O–H groups in total. The molecule has 0 saturated carbocycles. The van der Waals surface area contributed by atoms with Crippen LogP contribution in [0.4, 0.5) is 11.4 Å². The minimum Gasteiger partial charge on any atom is -0.394 e. The molecule has 0 aliphatic rings. The van der Waals surface area contributed by atoms with Crippen molar-refractivity contribution < 1.29 is 4.52 Å². The maximum Gasteiger partial charge on any atom is 0.157 e. The highest BCUT2D eigenvalue weighted by molar-refractivity contribution is 5.74. The highest BCUT2D eigenvalue weighted by Gasteiger charge is 2.04. The van der Waals surface area contributed by atoms with Gasteiger partial charge in [-0.25, -0.2) is 0 Å². The Bertz CT molecular complexity index is 553. The lowest BCUT2D eigenvalue weighted by Crippen LogP contribution is -2.07. The predicted molar refractivity (Wildman–Crippen MR) is 75.3 cm³/mol. The fourth-order valence-corrected chi connectivity index (χ4v) is 1.58. The Kier molecular flexibility index (Phi) is 3.37. The molecule has 0 aliphatic heterocycles. The Labute approximate surface area is 107 Å². The number of nitrogen functional groups attached to an aromatic ring is 1. The molecule has 0 aliphatic carbocycles. The van der Waals surface area contributed by atoms with Gasteiger partial charge < -0.3 is 15.2 Å². The average molecular weight is 243 g/mol. The second kappa shape index (κ2) is 4.96. The molecule has 94 valence electrons. The van der Waals surface area contributed by atoms with Gasteiger partial charge in [0.1, 0.15) is 11.4 Å². The summed E-state index contributed by atoms with van der Waals surface area (Å²) in [4.78, 5) is 2.06. The lowest BCUT2D eigenvalue weighted by Gasteiger charge is -2.11. The van der Waals surface area contributed by atoms with Crippen LogP contribution < -0.4 is 10.6 Å². The summed E-state index contributed by atoms with van der Waals surface area (Å²) in [6.45, 7) is 1.80. The maximum absolute atomic E-state index is 5.82. The largest absolute Gasteiger partial charge is 0.394 e. The Morgan fingerprint density at radius 1 is 1.17 bits per heavy atom. The zero-order valence-electron chi connectivity index (χ0n) is 10.8. The van der Waals surface area contributed by atoms with Gasteiger partial charge in [0.15, 0.2) is 5.76 Å². The molecule has 1 heterocycles. The van der Waals surface area contributed by atoms with Crippen molar-refractivity contribution >= 4 is 23.5 Å². The number of nitrogens with zero attached hydrogens (tertiary/aromatic N) is 2. The molecule has 0 fully saturated rings. The number of rotatable bonds is 3. The van der Waals surface area contributed by atoms with Crippen LogP contribution in [0.2, 0.25) is 0 Å². The Morgan fingerprint density at radius 3 is 2.33 bits per heavy atom. The molecule has 4 nitrogen and oxygen atoms in total. The molecule has 0 atom stereocenters. The summed E-state index contributed by atoms with van der Waals surface area (Å²) < 4.78 is 5.00. The van der Waals surface area contributed by atoms with Crippen LogP contribution in [-0.2, 0) is 0 Å². The molecule has 2 rings (SSSR count). The second-order valence-electron chi connectivity index (χ2n) is 4.36. The molecule has 0 radical (unpaired) electrons. The molecule has 1 aromatic heterocycles. The van der Waals surface area contributed by atoms with Crippen molar-refractivity contribution in [3.05, 3.63) is 41.3 Å². The van der Waals surface area contributed by atoms with Crippen molar-refractivity contribution in [3.63, 3.8) is 0 Å². The molecule has 0 bridgehead atoms. The van der Waals surface area contributed by atoms with Crippen LogP contribution in [0.25, 0.3) is 12.2 Å². The Hall–Kier alpha value is -2.23. The zero-order valence-corrected chi connectivity index (χ0v) is 10.8. The molecule has 4 heteroatoms. The molecule has 2 aromatic rings. The molecule has 0 unspecified atom stereocenters. The van der Waals surface area contributed by atoms with Crippen molar-refractivity contribution in [2.24, 2.45) is 0 Å².